The molecule has 1 N–H and O–H groups in total. The molecular formula is C14H12BrClN4O2S. The van der Waals surface area contributed by atoms with Gasteiger partial charge >= 0.3 is 0 Å². The van der Waals surface area contributed by atoms with E-state index in [0.717, 1.165) is 4.47 Å². The summed E-state index contributed by atoms with van der Waals surface area (Å²) < 4.78 is 30.3. The molecule has 0 spiro atoms. The number of nitrogens with zero attached hydrogens (tertiary/aromatic N) is 3. The summed E-state index contributed by atoms with van der Waals surface area (Å²) in [6, 6.07) is 6.82. The first kappa shape index (κ1) is 16.2. The maximum atomic E-state index is 12.7. The second-order valence-electron chi connectivity index (χ2n) is 5.07. The highest BCUT2D eigenvalue weighted by molar-refractivity contribution is 9.10. The Morgan fingerprint density at radius 1 is 1.17 bits per heavy atom. The Kier molecular flexibility index (Phi) is 4.07. The van der Waals surface area contributed by atoms with Crippen LogP contribution in [0.1, 0.15) is 11.1 Å². The van der Waals surface area contributed by atoms with Gasteiger partial charge < -0.3 is 0 Å². The number of pyridine rings is 1. The van der Waals surface area contributed by atoms with E-state index >= 15 is 0 Å². The van der Waals surface area contributed by atoms with Gasteiger partial charge in [0.1, 0.15) is 0 Å². The number of nitrogens with one attached hydrogen (secondary N) is 1. The molecule has 0 aliphatic heterocycles. The molecule has 3 aromatic rings. The molecule has 0 unspecified atom stereocenters. The number of hydrogen-bond acceptors (Lipinski definition) is 4. The molecule has 3 rings (SSSR count). The van der Waals surface area contributed by atoms with Gasteiger partial charge in [0, 0.05) is 10.7 Å². The lowest BCUT2D eigenvalue weighted by Crippen LogP contribution is -2.17. The lowest BCUT2D eigenvalue weighted by atomic mass is 10.2. The van der Waals surface area contributed by atoms with Crippen LogP contribution in [0.4, 0.5) is 5.95 Å². The molecular weight excluding hydrogens is 404 g/mol. The van der Waals surface area contributed by atoms with Gasteiger partial charge in [-0.05, 0) is 49.2 Å². The minimum Gasteiger partial charge on any atom is -0.267 e. The summed E-state index contributed by atoms with van der Waals surface area (Å²) in [6.45, 7) is 3.48. The Bertz CT molecular complexity index is 994. The van der Waals surface area contributed by atoms with Crippen molar-refractivity contribution in [2.75, 3.05) is 4.72 Å². The van der Waals surface area contributed by atoms with E-state index in [0.29, 0.717) is 21.8 Å². The fourth-order valence-corrected chi connectivity index (χ4v) is 4.72. The van der Waals surface area contributed by atoms with Crippen LogP contribution in [-0.4, -0.2) is 23.0 Å². The van der Waals surface area contributed by atoms with Crippen molar-refractivity contribution >= 4 is 49.1 Å². The van der Waals surface area contributed by atoms with Crippen LogP contribution in [0.3, 0.4) is 0 Å². The third kappa shape index (κ3) is 3.06. The van der Waals surface area contributed by atoms with E-state index < -0.39 is 10.0 Å². The zero-order chi connectivity index (χ0) is 16.8. The predicted octanol–water partition coefficient (Wildman–Crippen LogP) is 3.56. The molecule has 0 amide bonds. The lowest BCUT2D eigenvalue weighted by Gasteiger charge is -2.12. The summed E-state index contributed by atoms with van der Waals surface area (Å²) in [5.74, 6) is 0.0872. The number of benzene rings is 1. The van der Waals surface area contributed by atoms with Crippen molar-refractivity contribution in [2.24, 2.45) is 0 Å². The third-order valence-corrected chi connectivity index (χ3v) is 5.60. The molecule has 23 heavy (non-hydrogen) atoms. The van der Waals surface area contributed by atoms with Gasteiger partial charge in [0.15, 0.2) is 5.65 Å². The van der Waals surface area contributed by atoms with E-state index in [2.05, 4.69) is 30.8 Å². The second-order valence-corrected chi connectivity index (χ2v) is 8.04. The second kappa shape index (κ2) is 5.77. The molecule has 0 saturated heterocycles. The molecule has 0 bridgehead atoms. The monoisotopic (exact) mass is 414 g/mol. The first-order valence-corrected chi connectivity index (χ1v) is 9.23. The van der Waals surface area contributed by atoms with E-state index in [4.69, 9.17) is 11.6 Å². The standard InChI is InChI=1S/C14H12BrClN4O2S/c1-8-5-10(15)6-9(2)13(8)23(21,22)19-14-18-17-12-4-3-11(16)7-20(12)14/h3-7H,1-2H3,(H,18,19). The fourth-order valence-electron chi connectivity index (χ4n) is 2.43. The van der Waals surface area contributed by atoms with Crippen molar-refractivity contribution < 1.29 is 8.42 Å². The lowest BCUT2D eigenvalue weighted by molar-refractivity contribution is 0.599. The molecule has 0 radical (unpaired) electrons. The molecule has 0 aliphatic rings. The molecule has 0 atom stereocenters. The molecule has 1 aromatic carbocycles. The molecule has 9 heteroatoms. The van der Waals surface area contributed by atoms with Crippen LogP contribution in [0.2, 0.25) is 5.02 Å². The van der Waals surface area contributed by atoms with Gasteiger partial charge in [-0.25, -0.2) is 13.1 Å². The van der Waals surface area contributed by atoms with Crippen molar-refractivity contribution in [1.82, 2.24) is 14.6 Å². The van der Waals surface area contributed by atoms with E-state index in [-0.39, 0.29) is 10.8 Å². The SMILES string of the molecule is Cc1cc(Br)cc(C)c1S(=O)(=O)Nc1nnc2ccc(Cl)cn12. The van der Waals surface area contributed by atoms with E-state index in [9.17, 15) is 8.42 Å². The largest absolute Gasteiger partial charge is 0.267 e. The van der Waals surface area contributed by atoms with Crippen LogP contribution in [0.5, 0.6) is 0 Å². The maximum Gasteiger partial charge on any atom is 0.264 e. The normalized spacial score (nSPS) is 11.8. The van der Waals surface area contributed by atoms with Crippen molar-refractivity contribution in [3.05, 3.63) is 51.1 Å². The van der Waals surface area contributed by atoms with Gasteiger partial charge in [0.2, 0.25) is 5.95 Å². The Labute approximate surface area is 146 Å². The Morgan fingerprint density at radius 3 is 2.48 bits per heavy atom. The summed E-state index contributed by atoms with van der Waals surface area (Å²) in [6.07, 6.45) is 1.55. The van der Waals surface area contributed by atoms with Crippen LogP contribution in [0.25, 0.3) is 5.65 Å². The zero-order valence-electron chi connectivity index (χ0n) is 12.2. The van der Waals surface area contributed by atoms with E-state index in [1.807, 2.05) is 0 Å². The average molecular weight is 416 g/mol. The summed E-state index contributed by atoms with van der Waals surface area (Å²) in [7, 11) is -3.80. The van der Waals surface area contributed by atoms with E-state index in [1.54, 1.807) is 44.3 Å². The van der Waals surface area contributed by atoms with Crippen molar-refractivity contribution in [3.8, 4) is 0 Å². The van der Waals surface area contributed by atoms with Crippen LogP contribution in [-0.2, 0) is 10.0 Å². The number of halogens is 2. The van der Waals surface area contributed by atoms with Gasteiger partial charge in [0.05, 0.1) is 9.92 Å². The highest BCUT2D eigenvalue weighted by Crippen LogP contribution is 2.26. The first-order valence-electron chi connectivity index (χ1n) is 6.58. The molecule has 0 saturated carbocycles. The zero-order valence-corrected chi connectivity index (χ0v) is 15.4. The Balaban J connectivity index is 2.09. The fraction of sp³-hybridized carbons (Fsp3) is 0.143. The number of fused-ring (bicyclic) bond motifs is 1. The smallest absolute Gasteiger partial charge is 0.264 e. The highest BCUT2D eigenvalue weighted by Gasteiger charge is 2.22. The Hall–Kier alpha value is -1.64. The summed E-state index contributed by atoms with van der Waals surface area (Å²) in [5, 5.41) is 8.25. The number of aromatic nitrogens is 3. The van der Waals surface area contributed by atoms with E-state index in [1.165, 1.54) is 4.40 Å². The highest BCUT2D eigenvalue weighted by atomic mass is 79.9. The first-order chi connectivity index (χ1) is 10.8. The molecule has 120 valence electrons. The summed E-state index contributed by atoms with van der Waals surface area (Å²) >= 11 is 9.30. The number of sulfonamides is 1. The topological polar surface area (TPSA) is 76.4 Å². The van der Waals surface area contributed by atoms with Crippen LogP contribution >= 0.6 is 27.5 Å². The molecule has 2 aromatic heterocycles. The van der Waals surface area contributed by atoms with Crippen LogP contribution in [0, 0.1) is 13.8 Å². The van der Waals surface area contributed by atoms with Crippen molar-refractivity contribution in [3.63, 3.8) is 0 Å². The molecule has 0 aliphatic carbocycles. The molecule has 0 fully saturated rings. The quantitative estimate of drug-likeness (QED) is 0.709. The molecule has 2 heterocycles. The van der Waals surface area contributed by atoms with Crippen LogP contribution in [0.15, 0.2) is 39.8 Å². The van der Waals surface area contributed by atoms with Gasteiger partial charge in [-0.3, -0.25) is 4.40 Å². The van der Waals surface area contributed by atoms with Gasteiger partial charge in [-0.2, -0.15) is 0 Å². The van der Waals surface area contributed by atoms with Crippen LogP contribution < -0.4 is 4.72 Å². The minimum atomic E-state index is -3.80. The summed E-state index contributed by atoms with van der Waals surface area (Å²) in [4.78, 5) is 0.222. The number of hydrogen-bond donors (Lipinski definition) is 1. The van der Waals surface area contributed by atoms with Crippen molar-refractivity contribution in [2.45, 2.75) is 18.7 Å². The number of anilines is 1. The average Bonchev–Trinajstić information content (AvgIpc) is 2.79. The maximum absolute atomic E-state index is 12.7. The van der Waals surface area contributed by atoms with Crippen molar-refractivity contribution in [1.29, 1.82) is 0 Å². The molecule has 6 nitrogen and oxygen atoms in total. The van der Waals surface area contributed by atoms with Gasteiger partial charge in [0.25, 0.3) is 10.0 Å². The van der Waals surface area contributed by atoms with Gasteiger partial charge in [-0.1, -0.05) is 27.5 Å². The number of aryl methyl sites for hydroxylation is 2. The summed E-state index contributed by atoms with van der Waals surface area (Å²) in [5.41, 5.74) is 1.77. The van der Waals surface area contributed by atoms with Gasteiger partial charge in [-0.15, -0.1) is 10.2 Å². The predicted molar refractivity (Wildman–Crippen MR) is 92.4 cm³/mol. The minimum absolute atomic E-state index is 0.0872. The third-order valence-electron chi connectivity index (χ3n) is 3.29. The number of rotatable bonds is 3. The Morgan fingerprint density at radius 2 is 1.83 bits per heavy atom.